The molecule has 1 aromatic rings. The second-order valence-corrected chi connectivity index (χ2v) is 3.80. The van der Waals surface area contributed by atoms with Gasteiger partial charge in [0.05, 0.1) is 7.11 Å². The lowest BCUT2D eigenvalue weighted by Crippen LogP contribution is -2.24. The fourth-order valence-corrected chi connectivity index (χ4v) is 1.49. The third-order valence-electron chi connectivity index (χ3n) is 2.47. The molecule has 0 unspecified atom stereocenters. The summed E-state index contributed by atoms with van der Waals surface area (Å²) in [6.45, 7) is 0.577. The summed E-state index contributed by atoms with van der Waals surface area (Å²) in [7, 11) is 1.46. The number of hydrogen-bond acceptors (Lipinski definition) is 3. The van der Waals surface area contributed by atoms with Crippen LogP contribution in [0.2, 0.25) is 0 Å². The Morgan fingerprint density at radius 1 is 1.50 bits per heavy atom. The van der Waals surface area contributed by atoms with Crippen LogP contribution in [0.25, 0.3) is 0 Å². The normalized spacial score (nSPS) is 9.56. The van der Waals surface area contributed by atoms with Crippen molar-refractivity contribution in [3.63, 3.8) is 0 Å². The number of benzene rings is 1. The number of phenolic OH excluding ortho intramolecular Hbond substituents is 1. The minimum absolute atomic E-state index is 0.0440. The van der Waals surface area contributed by atoms with E-state index in [1.54, 1.807) is 12.1 Å². The SMILES string of the molecule is C#CCCCCNC(=O)c1ccc(OC)c(O)c1. The van der Waals surface area contributed by atoms with E-state index < -0.39 is 0 Å². The standard InChI is InChI=1S/C14H17NO3/c1-3-4-5-6-9-15-14(17)11-7-8-13(18-2)12(16)10-11/h1,7-8,10,16H,4-6,9H2,2H3,(H,15,17). The highest BCUT2D eigenvalue weighted by Crippen LogP contribution is 2.25. The van der Waals surface area contributed by atoms with Gasteiger partial charge >= 0.3 is 0 Å². The number of ether oxygens (including phenoxy) is 1. The van der Waals surface area contributed by atoms with Crippen LogP contribution in [0.15, 0.2) is 18.2 Å². The van der Waals surface area contributed by atoms with Crippen LogP contribution in [0.5, 0.6) is 11.5 Å². The van der Waals surface area contributed by atoms with Crippen molar-refractivity contribution in [3.05, 3.63) is 23.8 Å². The monoisotopic (exact) mass is 247 g/mol. The number of carbonyl (C=O) groups excluding carboxylic acids is 1. The van der Waals surface area contributed by atoms with E-state index in [2.05, 4.69) is 11.2 Å². The molecule has 0 spiro atoms. The number of amides is 1. The smallest absolute Gasteiger partial charge is 0.251 e. The molecular weight excluding hydrogens is 230 g/mol. The number of terminal acetylenes is 1. The zero-order chi connectivity index (χ0) is 13.4. The van der Waals surface area contributed by atoms with E-state index in [4.69, 9.17) is 11.2 Å². The second-order valence-electron chi connectivity index (χ2n) is 3.80. The Morgan fingerprint density at radius 2 is 2.28 bits per heavy atom. The molecule has 0 saturated carbocycles. The summed E-state index contributed by atoms with van der Waals surface area (Å²) in [4.78, 5) is 11.7. The van der Waals surface area contributed by atoms with Gasteiger partial charge in [-0.05, 0) is 31.0 Å². The Balaban J connectivity index is 2.47. The third-order valence-corrected chi connectivity index (χ3v) is 2.47. The molecule has 96 valence electrons. The average molecular weight is 247 g/mol. The summed E-state index contributed by atoms with van der Waals surface area (Å²) in [5.74, 6) is 2.64. The molecule has 0 aliphatic carbocycles. The number of methoxy groups -OCH3 is 1. The van der Waals surface area contributed by atoms with Crippen LogP contribution in [0.3, 0.4) is 0 Å². The van der Waals surface area contributed by atoms with Gasteiger partial charge in [0.1, 0.15) is 0 Å². The van der Waals surface area contributed by atoms with Crippen molar-refractivity contribution < 1.29 is 14.6 Å². The molecule has 4 heteroatoms. The Morgan fingerprint density at radius 3 is 2.89 bits per heavy atom. The molecule has 1 aromatic carbocycles. The van der Waals surface area contributed by atoms with Crippen molar-refractivity contribution >= 4 is 5.91 Å². The molecule has 0 aliphatic rings. The highest BCUT2D eigenvalue weighted by Gasteiger charge is 2.08. The molecule has 0 bridgehead atoms. The van der Waals surface area contributed by atoms with Crippen molar-refractivity contribution in [1.29, 1.82) is 0 Å². The van der Waals surface area contributed by atoms with Gasteiger partial charge < -0.3 is 15.2 Å². The summed E-state index contributed by atoms with van der Waals surface area (Å²) in [6, 6.07) is 4.55. The highest BCUT2D eigenvalue weighted by atomic mass is 16.5. The van der Waals surface area contributed by atoms with Crippen LogP contribution in [0.1, 0.15) is 29.6 Å². The molecule has 2 N–H and O–H groups in total. The Bertz CT molecular complexity index is 449. The molecular formula is C14H17NO3. The maximum absolute atomic E-state index is 11.7. The number of rotatable bonds is 6. The quantitative estimate of drug-likeness (QED) is 0.596. The van der Waals surface area contributed by atoms with Crippen LogP contribution < -0.4 is 10.1 Å². The van der Waals surface area contributed by atoms with E-state index in [-0.39, 0.29) is 11.7 Å². The van der Waals surface area contributed by atoms with Gasteiger partial charge in [0.2, 0.25) is 0 Å². The van der Waals surface area contributed by atoms with Gasteiger partial charge in [-0.2, -0.15) is 0 Å². The lowest BCUT2D eigenvalue weighted by molar-refractivity contribution is 0.0952. The second kappa shape index (κ2) is 7.23. The zero-order valence-electron chi connectivity index (χ0n) is 10.4. The molecule has 0 aliphatic heterocycles. The first-order valence-corrected chi connectivity index (χ1v) is 5.77. The van der Waals surface area contributed by atoms with Crippen LogP contribution in [0, 0.1) is 12.3 Å². The molecule has 0 atom stereocenters. The molecule has 4 nitrogen and oxygen atoms in total. The number of hydrogen-bond donors (Lipinski definition) is 2. The third kappa shape index (κ3) is 4.02. The minimum atomic E-state index is -0.214. The molecule has 0 radical (unpaired) electrons. The number of nitrogens with one attached hydrogen (secondary N) is 1. The van der Waals surface area contributed by atoms with Crippen molar-refractivity contribution in [3.8, 4) is 23.8 Å². The fraction of sp³-hybridized carbons (Fsp3) is 0.357. The van der Waals surface area contributed by atoms with E-state index in [9.17, 15) is 9.90 Å². The van der Waals surface area contributed by atoms with Crippen LogP contribution in [-0.2, 0) is 0 Å². The van der Waals surface area contributed by atoms with Crippen LogP contribution in [-0.4, -0.2) is 24.7 Å². The van der Waals surface area contributed by atoms with E-state index in [0.29, 0.717) is 17.9 Å². The van der Waals surface area contributed by atoms with Gasteiger partial charge in [0, 0.05) is 18.5 Å². The maximum Gasteiger partial charge on any atom is 0.251 e. The largest absolute Gasteiger partial charge is 0.504 e. The van der Waals surface area contributed by atoms with Crippen molar-refractivity contribution in [2.75, 3.05) is 13.7 Å². The number of phenols is 1. The van der Waals surface area contributed by atoms with Crippen molar-refractivity contribution in [2.24, 2.45) is 0 Å². The van der Waals surface area contributed by atoms with E-state index in [1.807, 2.05) is 0 Å². The van der Waals surface area contributed by atoms with Gasteiger partial charge in [0.15, 0.2) is 11.5 Å². The van der Waals surface area contributed by atoms with Crippen molar-refractivity contribution in [2.45, 2.75) is 19.3 Å². The van der Waals surface area contributed by atoms with Crippen LogP contribution >= 0.6 is 0 Å². The predicted octanol–water partition coefficient (Wildman–Crippen LogP) is 1.93. The van der Waals surface area contributed by atoms with Gasteiger partial charge in [-0.15, -0.1) is 12.3 Å². The van der Waals surface area contributed by atoms with E-state index >= 15 is 0 Å². The first kappa shape index (κ1) is 13.9. The van der Waals surface area contributed by atoms with Gasteiger partial charge in [-0.1, -0.05) is 0 Å². The minimum Gasteiger partial charge on any atom is -0.504 e. The molecule has 1 amide bonds. The number of carbonyl (C=O) groups is 1. The average Bonchev–Trinajstić information content (AvgIpc) is 2.38. The number of aromatic hydroxyl groups is 1. The van der Waals surface area contributed by atoms with E-state index in [1.165, 1.54) is 13.2 Å². The van der Waals surface area contributed by atoms with Gasteiger partial charge in [-0.25, -0.2) is 0 Å². The van der Waals surface area contributed by atoms with Crippen molar-refractivity contribution in [1.82, 2.24) is 5.32 Å². The summed E-state index contributed by atoms with van der Waals surface area (Å²) < 4.78 is 4.90. The molecule has 0 fully saturated rings. The first-order chi connectivity index (χ1) is 8.69. The van der Waals surface area contributed by atoms with Crippen LogP contribution in [0.4, 0.5) is 0 Å². The highest BCUT2D eigenvalue weighted by molar-refractivity contribution is 5.94. The Labute approximate surface area is 107 Å². The lowest BCUT2D eigenvalue weighted by Gasteiger charge is -2.07. The molecule has 18 heavy (non-hydrogen) atoms. The topological polar surface area (TPSA) is 58.6 Å². The fourth-order valence-electron chi connectivity index (χ4n) is 1.49. The van der Waals surface area contributed by atoms with E-state index in [0.717, 1.165) is 19.3 Å². The summed E-state index contributed by atoms with van der Waals surface area (Å²) in [6.07, 6.45) is 7.59. The maximum atomic E-state index is 11.7. The first-order valence-electron chi connectivity index (χ1n) is 5.77. The summed E-state index contributed by atoms with van der Waals surface area (Å²) >= 11 is 0. The molecule has 0 saturated heterocycles. The lowest BCUT2D eigenvalue weighted by atomic mass is 10.2. The van der Waals surface area contributed by atoms with Gasteiger partial charge in [0.25, 0.3) is 5.91 Å². The predicted molar refractivity (Wildman–Crippen MR) is 69.7 cm³/mol. The zero-order valence-corrected chi connectivity index (χ0v) is 10.4. The Kier molecular flexibility index (Phi) is 5.59. The molecule has 1 rings (SSSR count). The Hall–Kier alpha value is -2.15. The van der Waals surface area contributed by atoms with Gasteiger partial charge in [-0.3, -0.25) is 4.79 Å². The summed E-state index contributed by atoms with van der Waals surface area (Å²) in [5, 5.41) is 12.3. The molecule has 0 heterocycles. The summed E-state index contributed by atoms with van der Waals surface area (Å²) in [5.41, 5.74) is 0.408. The number of unbranched alkanes of at least 4 members (excludes halogenated alkanes) is 2. The molecule has 0 aromatic heterocycles.